The normalized spacial score (nSPS) is 16.0. The average Bonchev–Trinajstić information content (AvgIpc) is 3.24. The van der Waals surface area contributed by atoms with E-state index in [1.54, 1.807) is 0 Å². The van der Waals surface area contributed by atoms with Gasteiger partial charge in [-0.1, -0.05) is 0 Å². The van der Waals surface area contributed by atoms with Gasteiger partial charge in [-0.2, -0.15) is 0 Å². The van der Waals surface area contributed by atoms with Crippen LogP contribution in [0.2, 0.25) is 0 Å². The fourth-order valence-corrected chi connectivity index (χ4v) is 5.29. The van der Waals surface area contributed by atoms with E-state index in [1.165, 1.54) is 9.80 Å². The zero-order chi connectivity index (χ0) is 45.5. The van der Waals surface area contributed by atoms with E-state index in [2.05, 4.69) is 5.32 Å². The maximum atomic E-state index is 12.9. The summed E-state index contributed by atoms with van der Waals surface area (Å²) in [4.78, 5) is 15.7. The molecule has 1 amide bonds. The van der Waals surface area contributed by atoms with Crippen molar-refractivity contribution in [3.8, 4) is 0 Å². The maximum Gasteiger partial charge on any atom is 0.225 e. The molecule has 61 heavy (non-hydrogen) atoms. The summed E-state index contributed by atoms with van der Waals surface area (Å²) in [5.74, 6) is -0.337. The maximum absolute atomic E-state index is 12.9. The third-order valence-electron chi connectivity index (χ3n) is 8.95. The zero-order valence-corrected chi connectivity index (χ0v) is 35.9. The van der Waals surface area contributed by atoms with Gasteiger partial charge in [0, 0.05) is 52.5 Å². The Bertz CT molecular complexity index is 945. The number of likely N-dealkylation sites (N-methyl/N-ethyl adjacent to an activating group) is 1. The summed E-state index contributed by atoms with van der Waals surface area (Å²) < 4.78 is 43.8. The Morgan fingerprint density at radius 1 is 0.459 bits per heavy atom. The molecule has 0 aromatic heterocycles. The number of carbonyl (C=O) groups is 1. The first kappa shape index (κ1) is 59.6. The summed E-state index contributed by atoms with van der Waals surface area (Å²) in [5, 5.41) is 111. The van der Waals surface area contributed by atoms with Crippen molar-refractivity contribution in [3.63, 3.8) is 0 Å². The fraction of sp³-hybridized carbons (Fsp3) is 0.974. The van der Waals surface area contributed by atoms with Crippen LogP contribution in [0.1, 0.15) is 19.3 Å². The molecular weight excluding hydrogens is 818 g/mol. The van der Waals surface area contributed by atoms with Crippen molar-refractivity contribution in [2.45, 2.75) is 68.1 Å². The molecule has 0 spiro atoms. The number of amides is 1. The molecule has 366 valence electrons. The number of aliphatic hydroxyl groups excluding tert-OH is 11. The zero-order valence-electron chi connectivity index (χ0n) is 35.9. The van der Waals surface area contributed by atoms with Crippen LogP contribution in [0.5, 0.6) is 0 Å². The van der Waals surface area contributed by atoms with Crippen LogP contribution in [0.25, 0.3) is 0 Å². The quantitative estimate of drug-likeness (QED) is 0.0253. The van der Waals surface area contributed by atoms with Gasteiger partial charge in [0.15, 0.2) is 0 Å². The number of carbonyl (C=O) groups excluding carboxylic acids is 1. The van der Waals surface area contributed by atoms with E-state index >= 15 is 0 Å². The summed E-state index contributed by atoms with van der Waals surface area (Å²) in [6.45, 7) is 3.59. The van der Waals surface area contributed by atoms with Crippen molar-refractivity contribution >= 4 is 5.91 Å². The van der Waals surface area contributed by atoms with Crippen LogP contribution >= 0.6 is 0 Å². The molecular formula is C38H79N3O20. The predicted octanol–water partition coefficient (Wildman–Crippen LogP) is -6.50. The SMILES string of the molecule is CNCCOCCOCCOCCOCCN(CC(O)C(O)CO)C(=O)CCOCCOCCOCCOCCN(CC(O)C(O)C(O)CCO)CC(O)C(O)C(O)CCO. The third kappa shape index (κ3) is 32.9. The molecule has 0 aromatic carbocycles. The van der Waals surface area contributed by atoms with E-state index in [0.29, 0.717) is 39.6 Å². The average molecular weight is 898 g/mol. The first-order valence-electron chi connectivity index (χ1n) is 21.0. The molecule has 8 atom stereocenters. The lowest BCUT2D eigenvalue weighted by molar-refractivity contribution is -0.136. The molecule has 0 bridgehead atoms. The highest BCUT2D eigenvalue weighted by molar-refractivity contribution is 5.76. The van der Waals surface area contributed by atoms with E-state index < -0.39 is 68.7 Å². The second-order valence-corrected chi connectivity index (χ2v) is 13.9. The van der Waals surface area contributed by atoms with Crippen LogP contribution in [0, 0.1) is 0 Å². The summed E-state index contributed by atoms with van der Waals surface area (Å²) >= 11 is 0. The van der Waals surface area contributed by atoms with Crippen molar-refractivity contribution in [2.75, 3.05) is 172 Å². The Kier molecular flexibility index (Phi) is 40.4. The molecule has 0 aliphatic heterocycles. The van der Waals surface area contributed by atoms with Gasteiger partial charge in [-0.15, -0.1) is 0 Å². The van der Waals surface area contributed by atoms with Gasteiger partial charge in [0.1, 0.15) is 18.3 Å². The number of aliphatic hydroxyl groups is 11. The van der Waals surface area contributed by atoms with Gasteiger partial charge in [-0.05, 0) is 19.9 Å². The second kappa shape index (κ2) is 41.3. The van der Waals surface area contributed by atoms with Crippen molar-refractivity contribution < 1.29 is 98.9 Å². The highest BCUT2D eigenvalue weighted by Gasteiger charge is 2.30. The minimum absolute atomic E-state index is 0.000961. The number of rotatable bonds is 46. The molecule has 12 N–H and O–H groups in total. The van der Waals surface area contributed by atoms with Gasteiger partial charge in [0.05, 0.1) is 149 Å². The van der Waals surface area contributed by atoms with Gasteiger partial charge in [0.2, 0.25) is 5.91 Å². The number of nitrogens with one attached hydrogen (secondary N) is 1. The van der Waals surface area contributed by atoms with E-state index in [0.717, 1.165) is 6.54 Å². The first-order chi connectivity index (χ1) is 29.4. The molecule has 0 rings (SSSR count). The summed E-state index contributed by atoms with van der Waals surface area (Å²) in [6, 6.07) is 0. The van der Waals surface area contributed by atoms with E-state index in [4.69, 9.17) is 48.1 Å². The van der Waals surface area contributed by atoms with Gasteiger partial charge >= 0.3 is 0 Å². The predicted molar refractivity (Wildman–Crippen MR) is 217 cm³/mol. The number of ether oxygens (including phenoxy) is 8. The molecule has 23 heteroatoms. The van der Waals surface area contributed by atoms with E-state index in [-0.39, 0.29) is 124 Å². The van der Waals surface area contributed by atoms with Crippen molar-refractivity contribution in [2.24, 2.45) is 0 Å². The number of nitrogens with zero attached hydrogens (tertiary/aromatic N) is 2. The first-order valence-corrected chi connectivity index (χ1v) is 21.0. The molecule has 8 unspecified atom stereocenters. The molecule has 0 radical (unpaired) electrons. The van der Waals surface area contributed by atoms with Crippen LogP contribution in [0.3, 0.4) is 0 Å². The highest BCUT2D eigenvalue weighted by atomic mass is 16.6. The minimum atomic E-state index is -1.59. The Balaban J connectivity index is 4.32. The molecule has 0 aliphatic rings. The summed E-state index contributed by atoms with van der Waals surface area (Å²) in [6.07, 6.45) is -12.0. The lowest BCUT2D eigenvalue weighted by Gasteiger charge is -2.32. The second-order valence-electron chi connectivity index (χ2n) is 13.9. The van der Waals surface area contributed by atoms with E-state index in [1.807, 2.05) is 7.05 Å². The van der Waals surface area contributed by atoms with Crippen LogP contribution in [-0.2, 0) is 42.7 Å². The van der Waals surface area contributed by atoms with Gasteiger partial charge in [-0.3, -0.25) is 9.69 Å². The largest absolute Gasteiger partial charge is 0.396 e. The molecule has 0 aliphatic carbocycles. The molecule has 0 saturated carbocycles. The van der Waals surface area contributed by atoms with Gasteiger partial charge in [0.25, 0.3) is 0 Å². The molecule has 0 fully saturated rings. The minimum Gasteiger partial charge on any atom is -0.396 e. The Labute approximate surface area is 359 Å². The van der Waals surface area contributed by atoms with Gasteiger partial charge < -0.3 is 104 Å². The lowest BCUT2D eigenvalue weighted by Crippen LogP contribution is -2.50. The van der Waals surface area contributed by atoms with Crippen LogP contribution < -0.4 is 5.32 Å². The topological polar surface area (TPSA) is 332 Å². The Hall–Kier alpha value is -1.37. The van der Waals surface area contributed by atoms with Gasteiger partial charge in [-0.25, -0.2) is 0 Å². The molecule has 23 nitrogen and oxygen atoms in total. The van der Waals surface area contributed by atoms with Crippen LogP contribution in [0.4, 0.5) is 0 Å². The van der Waals surface area contributed by atoms with Crippen molar-refractivity contribution in [1.82, 2.24) is 15.1 Å². The monoisotopic (exact) mass is 898 g/mol. The third-order valence-corrected chi connectivity index (χ3v) is 8.95. The number of hydrogen-bond acceptors (Lipinski definition) is 22. The van der Waals surface area contributed by atoms with Crippen molar-refractivity contribution in [3.05, 3.63) is 0 Å². The summed E-state index contributed by atoms with van der Waals surface area (Å²) in [7, 11) is 1.85. The lowest BCUT2D eigenvalue weighted by atomic mass is 10.0. The van der Waals surface area contributed by atoms with E-state index in [9.17, 15) is 50.8 Å². The smallest absolute Gasteiger partial charge is 0.225 e. The summed E-state index contributed by atoms with van der Waals surface area (Å²) in [5.41, 5.74) is 0. The van der Waals surface area contributed by atoms with Crippen LogP contribution in [0.15, 0.2) is 0 Å². The standard InChI is InChI=1S/C38H79N3O20/c1-39-5-11-55-15-19-59-23-25-61-21-17-57-13-7-41(28-32(47)35(50)29-44)36(51)4-10-54-14-18-58-22-24-60-20-16-56-12-6-40(26-33(48)37(52)30(45)2-8-42)27-34(49)38(53)31(46)3-9-43/h30-35,37-39,42-50,52-53H,2-29H2,1H3. The van der Waals surface area contributed by atoms with Crippen LogP contribution in [-0.4, -0.2) is 293 Å². The highest BCUT2D eigenvalue weighted by Crippen LogP contribution is 2.10. The Morgan fingerprint density at radius 2 is 0.836 bits per heavy atom. The fourth-order valence-electron chi connectivity index (χ4n) is 5.29. The number of hydrogen-bond donors (Lipinski definition) is 12. The molecule has 0 aromatic rings. The molecule has 0 saturated heterocycles. The van der Waals surface area contributed by atoms with Crippen molar-refractivity contribution in [1.29, 1.82) is 0 Å². The Morgan fingerprint density at radius 3 is 1.23 bits per heavy atom. The molecule has 0 heterocycles.